The number of hydrogen-bond donors (Lipinski definition) is 0. The van der Waals surface area contributed by atoms with Gasteiger partial charge in [0.25, 0.3) is 5.56 Å². The van der Waals surface area contributed by atoms with Crippen molar-refractivity contribution in [3.8, 4) is 5.75 Å². The Balaban J connectivity index is 1.62. The summed E-state index contributed by atoms with van der Waals surface area (Å²) >= 11 is 0. The highest BCUT2D eigenvalue weighted by atomic mass is 16.5. The molecule has 2 aromatic rings. The largest absolute Gasteiger partial charge is 0.495 e. The molecule has 2 heterocycles. The fourth-order valence-electron chi connectivity index (χ4n) is 2.83. The molecule has 1 amide bonds. The molecule has 0 saturated carbocycles. The third kappa shape index (κ3) is 3.40. The second-order valence-electron chi connectivity index (χ2n) is 5.59. The number of benzene rings is 1. The van der Waals surface area contributed by atoms with Gasteiger partial charge in [0.15, 0.2) is 0 Å². The fourth-order valence-corrected chi connectivity index (χ4v) is 2.83. The fraction of sp³-hybridized carbons (Fsp3) is 0.353. The van der Waals surface area contributed by atoms with Crippen LogP contribution in [0.4, 0.5) is 5.69 Å². The van der Waals surface area contributed by atoms with Crippen molar-refractivity contribution in [1.29, 1.82) is 0 Å². The van der Waals surface area contributed by atoms with Crippen LogP contribution >= 0.6 is 0 Å². The molecule has 0 aliphatic carbocycles. The first kappa shape index (κ1) is 16.0. The summed E-state index contributed by atoms with van der Waals surface area (Å²) in [4.78, 5) is 31.9. The first-order valence-corrected chi connectivity index (χ1v) is 7.85. The standard InChI is InChI=1S/C17H20N4O3/c1-24-15-5-3-2-4-14(15)19-8-10-20(11-9-19)17(23)12-21-13-18-7-6-16(21)22/h2-7,13H,8-12H2,1H3. The lowest BCUT2D eigenvalue weighted by molar-refractivity contribution is -0.132. The Labute approximate surface area is 140 Å². The lowest BCUT2D eigenvalue weighted by Gasteiger charge is -2.36. The molecule has 1 aliphatic rings. The van der Waals surface area contributed by atoms with Gasteiger partial charge in [0, 0.05) is 38.4 Å². The quantitative estimate of drug-likeness (QED) is 0.822. The molecule has 0 spiro atoms. The molecule has 0 bridgehead atoms. The SMILES string of the molecule is COc1ccccc1N1CCN(C(=O)Cn2cnccc2=O)CC1. The molecule has 7 nitrogen and oxygen atoms in total. The molecule has 126 valence electrons. The van der Waals surface area contributed by atoms with Crippen LogP contribution in [-0.4, -0.2) is 53.6 Å². The summed E-state index contributed by atoms with van der Waals surface area (Å²) in [5, 5.41) is 0. The normalized spacial score (nSPS) is 14.5. The van der Waals surface area contributed by atoms with Gasteiger partial charge >= 0.3 is 0 Å². The van der Waals surface area contributed by atoms with E-state index >= 15 is 0 Å². The van der Waals surface area contributed by atoms with E-state index in [-0.39, 0.29) is 18.0 Å². The highest BCUT2D eigenvalue weighted by Gasteiger charge is 2.23. The number of anilines is 1. The second kappa shape index (κ2) is 7.16. The van der Waals surface area contributed by atoms with Gasteiger partial charge in [-0.2, -0.15) is 0 Å². The van der Waals surface area contributed by atoms with E-state index in [2.05, 4.69) is 9.88 Å². The predicted molar refractivity (Wildman–Crippen MR) is 90.3 cm³/mol. The minimum Gasteiger partial charge on any atom is -0.495 e. The van der Waals surface area contributed by atoms with E-state index in [0.717, 1.165) is 24.5 Å². The molecule has 1 fully saturated rings. The van der Waals surface area contributed by atoms with Gasteiger partial charge in [0.2, 0.25) is 5.91 Å². The summed E-state index contributed by atoms with van der Waals surface area (Å²) in [5.74, 6) is 0.768. The Hall–Kier alpha value is -2.83. The van der Waals surface area contributed by atoms with E-state index in [1.54, 1.807) is 12.0 Å². The van der Waals surface area contributed by atoms with Crippen LogP contribution in [0.5, 0.6) is 5.75 Å². The van der Waals surface area contributed by atoms with Crippen LogP contribution in [0.3, 0.4) is 0 Å². The minimum absolute atomic E-state index is 0.0291. The molecule has 0 unspecified atom stereocenters. The Kier molecular flexibility index (Phi) is 4.79. The summed E-state index contributed by atoms with van der Waals surface area (Å²) in [6.07, 6.45) is 2.82. The summed E-state index contributed by atoms with van der Waals surface area (Å²) in [6.45, 7) is 2.72. The number of rotatable bonds is 4. The minimum atomic E-state index is -0.217. The van der Waals surface area contributed by atoms with Crippen molar-refractivity contribution < 1.29 is 9.53 Å². The Bertz CT molecular complexity index is 766. The van der Waals surface area contributed by atoms with E-state index < -0.39 is 0 Å². The number of ether oxygens (including phenoxy) is 1. The van der Waals surface area contributed by atoms with E-state index in [9.17, 15) is 9.59 Å². The number of amides is 1. The molecule has 1 saturated heterocycles. The van der Waals surface area contributed by atoms with Gasteiger partial charge in [-0.3, -0.25) is 14.2 Å². The predicted octanol–water partition coefficient (Wildman–Crippen LogP) is 0.601. The van der Waals surface area contributed by atoms with E-state index in [1.165, 1.54) is 23.2 Å². The first-order valence-electron chi connectivity index (χ1n) is 7.85. The van der Waals surface area contributed by atoms with Crippen molar-refractivity contribution in [1.82, 2.24) is 14.5 Å². The molecule has 1 aromatic carbocycles. The van der Waals surface area contributed by atoms with E-state index in [4.69, 9.17) is 4.74 Å². The lowest BCUT2D eigenvalue weighted by atomic mass is 10.2. The molecule has 1 aliphatic heterocycles. The summed E-state index contributed by atoms with van der Waals surface area (Å²) < 4.78 is 6.73. The number of piperazine rings is 1. The molecule has 24 heavy (non-hydrogen) atoms. The van der Waals surface area contributed by atoms with Crippen LogP contribution in [-0.2, 0) is 11.3 Å². The van der Waals surface area contributed by atoms with Crippen LogP contribution in [0.25, 0.3) is 0 Å². The molecule has 1 aromatic heterocycles. The average molecular weight is 328 g/mol. The lowest BCUT2D eigenvalue weighted by Crippen LogP contribution is -2.50. The van der Waals surface area contributed by atoms with Gasteiger partial charge < -0.3 is 14.5 Å². The van der Waals surface area contributed by atoms with Crippen molar-refractivity contribution in [2.75, 3.05) is 38.2 Å². The highest BCUT2D eigenvalue weighted by Crippen LogP contribution is 2.28. The van der Waals surface area contributed by atoms with Gasteiger partial charge in [-0.25, -0.2) is 4.98 Å². The zero-order valence-corrected chi connectivity index (χ0v) is 13.6. The zero-order chi connectivity index (χ0) is 16.9. The van der Waals surface area contributed by atoms with Gasteiger partial charge in [-0.15, -0.1) is 0 Å². The average Bonchev–Trinajstić information content (AvgIpc) is 2.63. The Morgan fingerprint density at radius 1 is 1.17 bits per heavy atom. The zero-order valence-electron chi connectivity index (χ0n) is 13.6. The van der Waals surface area contributed by atoms with Crippen LogP contribution < -0.4 is 15.2 Å². The number of carbonyl (C=O) groups excluding carboxylic acids is 1. The summed E-state index contributed by atoms with van der Waals surface area (Å²) in [5.41, 5.74) is 0.821. The maximum Gasteiger partial charge on any atom is 0.253 e. The maximum absolute atomic E-state index is 12.4. The third-order valence-corrected chi connectivity index (χ3v) is 4.16. The van der Waals surface area contributed by atoms with Gasteiger partial charge in [0.05, 0.1) is 19.1 Å². The van der Waals surface area contributed by atoms with Gasteiger partial charge in [0.1, 0.15) is 12.3 Å². The van der Waals surface area contributed by atoms with E-state index in [0.29, 0.717) is 13.1 Å². The number of methoxy groups -OCH3 is 1. The summed E-state index contributed by atoms with van der Waals surface area (Å²) in [6, 6.07) is 9.22. The second-order valence-corrected chi connectivity index (χ2v) is 5.59. The highest BCUT2D eigenvalue weighted by molar-refractivity contribution is 5.76. The van der Waals surface area contributed by atoms with Crippen molar-refractivity contribution in [2.24, 2.45) is 0 Å². The van der Waals surface area contributed by atoms with Crippen molar-refractivity contribution in [3.63, 3.8) is 0 Å². The van der Waals surface area contributed by atoms with Gasteiger partial charge in [-0.1, -0.05) is 12.1 Å². The molecule has 0 radical (unpaired) electrons. The number of aromatic nitrogens is 2. The molecule has 3 rings (SSSR count). The van der Waals surface area contributed by atoms with Crippen molar-refractivity contribution in [2.45, 2.75) is 6.54 Å². The first-order chi connectivity index (χ1) is 11.7. The number of carbonyl (C=O) groups is 1. The number of para-hydroxylation sites is 2. The number of nitrogens with zero attached hydrogens (tertiary/aromatic N) is 4. The summed E-state index contributed by atoms with van der Waals surface area (Å²) in [7, 11) is 1.66. The van der Waals surface area contributed by atoms with Crippen LogP contribution in [0.15, 0.2) is 47.7 Å². The van der Waals surface area contributed by atoms with Crippen LogP contribution in [0.1, 0.15) is 0 Å². The smallest absolute Gasteiger partial charge is 0.253 e. The monoisotopic (exact) mass is 328 g/mol. The topological polar surface area (TPSA) is 67.7 Å². The Morgan fingerprint density at radius 3 is 2.62 bits per heavy atom. The van der Waals surface area contributed by atoms with E-state index in [1.807, 2.05) is 24.3 Å². The third-order valence-electron chi connectivity index (χ3n) is 4.16. The Morgan fingerprint density at radius 2 is 1.92 bits per heavy atom. The molecular weight excluding hydrogens is 308 g/mol. The molecule has 0 atom stereocenters. The maximum atomic E-state index is 12.4. The number of hydrogen-bond acceptors (Lipinski definition) is 5. The van der Waals surface area contributed by atoms with Crippen LogP contribution in [0, 0.1) is 0 Å². The molecular formula is C17H20N4O3. The van der Waals surface area contributed by atoms with Crippen molar-refractivity contribution in [3.05, 3.63) is 53.2 Å². The van der Waals surface area contributed by atoms with Crippen molar-refractivity contribution >= 4 is 11.6 Å². The van der Waals surface area contributed by atoms with Gasteiger partial charge in [-0.05, 0) is 12.1 Å². The molecule has 7 heteroatoms. The van der Waals surface area contributed by atoms with Crippen LogP contribution in [0.2, 0.25) is 0 Å². The molecule has 0 N–H and O–H groups in total.